The molecule has 0 spiro atoms. The Balaban J connectivity index is 2.00. The van der Waals surface area contributed by atoms with Crippen LogP contribution in [0.25, 0.3) is 0 Å². The lowest BCUT2D eigenvalue weighted by Gasteiger charge is -2.25. The second kappa shape index (κ2) is 4.71. The maximum absolute atomic E-state index is 12.5. The SMILES string of the molecule is O=C(c1occc1Br)C1NCCc2ccccc21. The zero-order chi connectivity index (χ0) is 12.5. The molecule has 2 aromatic rings. The fraction of sp³-hybridized carbons (Fsp3) is 0.214. The van der Waals surface area contributed by atoms with Crippen LogP contribution in [-0.4, -0.2) is 12.3 Å². The van der Waals surface area contributed by atoms with E-state index >= 15 is 0 Å². The van der Waals surface area contributed by atoms with Crippen LogP contribution >= 0.6 is 15.9 Å². The summed E-state index contributed by atoms with van der Waals surface area (Å²) >= 11 is 3.33. The number of rotatable bonds is 2. The van der Waals surface area contributed by atoms with Crippen molar-refractivity contribution in [3.63, 3.8) is 0 Å². The third kappa shape index (κ3) is 1.91. The van der Waals surface area contributed by atoms with Gasteiger partial charge in [0.15, 0.2) is 5.76 Å². The Morgan fingerprint density at radius 1 is 1.33 bits per heavy atom. The average Bonchev–Trinajstić information content (AvgIpc) is 2.83. The molecule has 1 N–H and O–H groups in total. The van der Waals surface area contributed by atoms with Gasteiger partial charge in [0.2, 0.25) is 5.78 Å². The van der Waals surface area contributed by atoms with Gasteiger partial charge >= 0.3 is 0 Å². The predicted molar refractivity (Wildman–Crippen MR) is 71.6 cm³/mol. The molecule has 0 saturated heterocycles. The summed E-state index contributed by atoms with van der Waals surface area (Å²) in [5.41, 5.74) is 2.29. The predicted octanol–water partition coefficient (Wildman–Crippen LogP) is 3.11. The molecule has 2 heterocycles. The van der Waals surface area contributed by atoms with Gasteiger partial charge in [0.05, 0.1) is 10.7 Å². The molecule has 1 aliphatic heterocycles. The summed E-state index contributed by atoms with van der Waals surface area (Å²) in [6.45, 7) is 0.811. The number of Topliss-reactive ketones (excluding diaryl/α,β-unsaturated/α-hetero) is 1. The van der Waals surface area contributed by atoms with Crippen LogP contribution in [0, 0.1) is 0 Å². The molecule has 0 fully saturated rings. The zero-order valence-corrected chi connectivity index (χ0v) is 11.2. The summed E-state index contributed by atoms with van der Waals surface area (Å²) in [6.07, 6.45) is 2.48. The minimum atomic E-state index is -0.308. The zero-order valence-electron chi connectivity index (χ0n) is 9.65. The number of fused-ring (bicyclic) bond motifs is 1. The Morgan fingerprint density at radius 3 is 2.94 bits per heavy atom. The summed E-state index contributed by atoms with van der Waals surface area (Å²) in [7, 11) is 0. The molecule has 0 amide bonds. The molecular formula is C14H12BrNO2. The van der Waals surface area contributed by atoms with E-state index in [-0.39, 0.29) is 11.8 Å². The third-order valence-electron chi connectivity index (χ3n) is 3.21. The Hall–Kier alpha value is -1.39. The lowest BCUT2D eigenvalue weighted by molar-refractivity contribution is 0.0910. The fourth-order valence-corrected chi connectivity index (χ4v) is 2.74. The first-order valence-corrected chi connectivity index (χ1v) is 6.65. The van der Waals surface area contributed by atoms with E-state index in [2.05, 4.69) is 27.3 Å². The highest BCUT2D eigenvalue weighted by atomic mass is 79.9. The van der Waals surface area contributed by atoms with E-state index in [0.717, 1.165) is 18.5 Å². The van der Waals surface area contributed by atoms with Crippen molar-refractivity contribution < 1.29 is 9.21 Å². The van der Waals surface area contributed by atoms with E-state index in [1.807, 2.05) is 18.2 Å². The molecule has 1 aromatic heterocycles. The maximum atomic E-state index is 12.5. The number of carbonyl (C=O) groups is 1. The van der Waals surface area contributed by atoms with Gasteiger partial charge in [0.1, 0.15) is 6.04 Å². The highest BCUT2D eigenvalue weighted by molar-refractivity contribution is 9.10. The number of hydrogen-bond acceptors (Lipinski definition) is 3. The largest absolute Gasteiger partial charge is 0.460 e. The van der Waals surface area contributed by atoms with Crippen LogP contribution in [-0.2, 0) is 6.42 Å². The maximum Gasteiger partial charge on any atom is 0.220 e. The Morgan fingerprint density at radius 2 is 2.17 bits per heavy atom. The first kappa shape index (κ1) is 11.7. The number of ketones is 1. The van der Waals surface area contributed by atoms with Gasteiger partial charge in [-0.25, -0.2) is 0 Å². The molecule has 1 unspecified atom stereocenters. The molecule has 0 bridgehead atoms. The molecule has 1 atom stereocenters. The van der Waals surface area contributed by atoms with Crippen molar-refractivity contribution in [1.82, 2.24) is 5.32 Å². The average molecular weight is 306 g/mol. The van der Waals surface area contributed by atoms with Gasteiger partial charge in [0.25, 0.3) is 0 Å². The van der Waals surface area contributed by atoms with Crippen molar-refractivity contribution in [1.29, 1.82) is 0 Å². The second-order valence-electron chi connectivity index (χ2n) is 4.30. The lowest BCUT2D eigenvalue weighted by atomic mass is 9.91. The monoisotopic (exact) mass is 305 g/mol. The van der Waals surface area contributed by atoms with E-state index in [4.69, 9.17) is 4.42 Å². The number of benzene rings is 1. The topological polar surface area (TPSA) is 42.2 Å². The van der Waals surface area contributed by atoms with E-state index < -0.39 is 0 Å². The number of halogens is 1. The summed E-state index contributed by atoms with van der Waals surface area (Å²) in [5.74, 6) is 0.350. The highest BCUT2D eigenvalue weighted by Gasteiger charge is 2.29. The molecule has 3 nitrogen and oxygen atoms in total. The van der Waals surface area contributed by atoms with Crippen molar-refractivity contribution in [2.45, 2.75) is 12.5 Å². The van der Waals surface area contributed by atoms with Crippen molar-refractivity contribution in [2.75, 3.05) is 6.54 Å². The van der Waals surface area contributed by atoms with E-state index in [1.165, 1.54) is 11.8 Å². The molecule has 0 aliphatic carbocycles. The van der Waals surface area contributed by atoms with Gasteiger partial charge < -0.3 is 9.73 Å². The number of hydrogen-bond donors (Lipinski definition) is 1. The minimum Gasteiger partial charge on any atom is -0.460 e. The summed E-state index contributed by atoms with van der Waals surface area (Å²) in [6, 6.07) is 9.48. The molecule has 0 radical (unpaired) electrons. The smallest absolute Gasteiger partial charge is 0.220 e. The van der Waals surface area contributed by atoms with E-state index in [0.29, 0.717) is 10.2 Å². The highest BCUT2D eigenvalue weighted by Crippen LogP contribution is 2.28. The van der Waals surface area contributed by atoms with Gasteiger partial charge in [-0.1, -0.05) is 24.3 Å². The van der Waals surface area contributed by atoms with Crippen molar-refractivity contribution in [2.24, 2.45) is 0 Å². The standard InChI is InChI=1S/C14H12BrNO2/c15-11-6-8-18-14(11)13(17)12-10-4-2-1-3-9(10)5-7-16-12/h1-4,6,8,12,16H,5,7H2. The van der Waals surface area contributed by atoms with Gasteiger partial charge in [-0.3, -0.25) is 4.79 Å². The van der Waals surface area contributed by atoms with Crippen LogP contribution in [0.2, 0.25) is 0 Å². The molecule has 3 rings (SSSR count). The van der Waals surface area contributed by atoms with Gasteiger partial charge in [-0.15, -0.1) is 0 Å². The molecular weight excluding hydrogens is 294 g/mol. The molecule has 92 valence electrons. The number of furan rings is 1. The third-order valence-corrected chi connectivity index (χ3v) is 3.84. The van der Waals surface area contributed by atoms with Crippen molar-refractivity contribution in [3.8, 4) is 0 Å². The van der Waals surface area contributed by atoms with Crippen molar-refractivity contribution >= 4 is 21.7 Å². The minimum absolute atomic E-state index is 0.0287. The summed E-state index contributed by atoms with van der Waals surface area (Å²) in [4.78, 5) is 12.5. The lowest BCUT2D eigenvalue weighted by Crippen LogP contribution is -2.35. The number of carbonyl (C=O) groups excluding carboxylic acids is 1. The first-order chi connectivity index (χ1) is 8.77. The molecule has 18 heavy (non-hydrogen) atoms. The molecule has 0 saturated carbocycles. The molecule has 1 aromatic carbocycles. The molecule has 4 heteroatoms. The summed E-state index contributed by atoms with van der Waals surface area (Å²) in [5, 5.41) is 3.26. The Bertz CT molecular complexity index is 591. The Kier molecular flexibility index (Phi) is 3.06. The summed E-state index contributed by atoms with van der Waals surface area (Å²) < 4.78 is 5.96. The van der Waals surface area contributed by atoms with Crippen LogP contribution in [0.15, 0.2) is 45.5 Å². The van der Waals surface area contributed by atoms with Gasteiger partial charge in [-0.2, -0.15) is 0 Å². The van der Waals surface area contributed by atoms with Crippen LogP contribution in [0.4, 0.5) is 0 Å². The van der Waals surface area contributed by atoms with Crippen LogP contribution in [0.5, 0.6) is 0 Å². The second-order valence-corrected chi connectivity index (χ2v) is 5.15. The van der Waals surface area contributed by atoms with Crippen LogP contribution < -0.4 is 5.32 Å². The van der Waals surface area contributed by atoms with Crippen LogP contribution in [0.3, 0.4) is 0 Å². The van der Waals surface area contributed by atoms with E-state index in [1.54, 1.807) is 6.07 Å². The van der Waals surface area contributed by atoms with Gasteiger partial charge in [0, 0.05) is 6.54 Å². The van der Waals surface area contributed by atoms with Crippen molar-refractivity contribution in [3.05, 3.63) is 58.0 Å². The Labute approximate surface area is 113 Å². The quantitative estimate of drug-likeness (QED) is 0.867. The number of nitrogens with one attached hydrogen (secondary N) is 1. The fourth-order valence-electron chi connectivity index (χ4n) is 2.34. The van der Waals surface area contributed by atoms with E-state index in [9.17, 15) is 4.79 Å². The van der Waals surface area contributed by atoms with Crippen LogP contribution in [0.1, 0.15) is 27.7 Å². The first-order valence-electron chi connectivity index (χ1n) is 5.86. The normalized spacial score (nSPS) is 18.4. The van der Waals surface area contributed by atoms with Gasteiger partial charge in [-0.05, 0) is 39.5 Å². The molecule has 1 aliphatic rings.